The van der Waals surface area contributed by atoms with E-state index in [-0.39, 0.29) is 18.4 Å². The van der Waals surface area contributed by atoms with Crippen molar-refractivity contribution in [2.75, 3.05) is 13.3 Å². The highest BCUT2D eigenvalue weighted by molar-refractivity contribution is 5.92. The van der Waals surface area contributed by atoms with Crippen molar-refractivity contribution in [2.24, 2.45) is 0 Å². The summed E-state index contributed by atoms with van der Waals surface area (Å²) in [5.74, 6) is 0.766. The fourth-order valence-corrected chi connectivity index (χ4v) is 2.96. The van der Waals surface area contributed by atoms with Crippen LogP contribution in [0.1, 0.15) is 21.7 Å². The standard InChI is InChI=1S/C20H18FN3O3/c1-13-10-16(23-24(13)17-5-3-2-4-15(17)21)20(25)22-9-8-14-6-7-18-19(11-14)27-12-26-18/h2-7,10-11H,8-9,12H2,1H3,(H,22,25). The zero-order valence-corrected chi connectivity index (χ0v) is 14.7. The van der Waals surface area contributed by atoms with Crippen LogP contribution in [0.4, 0.5) is 4.39 Å². The molecule has 4 rings (SSSR count). The van der Waals surface area contributed by atoms with Crippen molar-refractivity contribution in [3.8, 4) is 17.2 Å². The number of halogens is 1. The second kappa shape index (κ2) is 7.11. The Morgan fingerprint density at radius 1 is 1.19 bits per heavy atom. The van der Waals surface area contributed by atoms with E-state index in [4.69, 9.17) is 9.47 Å². The van der Waals surface area contributed by atoms with Crippen LogP contribution in [0.25, 0.3) is 5.69 Å². The van der Waals surface area contributed by atoms with Crippen LogP contribution in [0.15, 0.2) is 48.5 Å². The SMILES string of the molecule is Cc1cc(C(=O)NCCc2ccc3c(c2)OCO3)nn1-c1ccccc1F. The number of aryl methyl sites for hydroxylation is 1. The number of hydrogen-bond donors (Lipinski definition) is 1. The van der Waals surface area contributed by atoms with Crippen LogP contribution in [0, 0.1) is 12.7 Å². The lowest BCUT2D eigenvalue weighted by molar-refractivity contribution is 0.0948. The van der Waals surface area contributed by atoms with Gasteiger partial charge in [-0.3, -0.25) is 4.79 Å². The van der Waals surface area contributed by atoms with E-state index < -0.39 is 5.82 Å². The van der Waals surface area contributed by atoms with Crippen molar-refractivity contribution < 1.29 is 18.7 Å². The topological polar surface area (TPSA) is 65.4 Å². The molecule has 0 radical (unpaired) electrons. The molecule has 1 aliphatic rings. The van der Waals surface area contributed by atoms with E-state index in [0.717, 1.165) is 17.1 Å². The summed E-state index contributed by atoms with van der Waals surface area (Å²) in [5.41, 5.74) is 2.28. The number of amides is 1. The van der Waals surface area contributed by atoms with Crippen LogP contribution < -0.4 is 14.8 Å². The Labute approximate surface area is 155 Å². The van der Waals surface area contributed by atoms with Crippen LogP contribution in [0.2, 0.25) is 0 Å². The number of benzene rings is 2. The molecular weight excluding hydrogens is 349 g/mol. The lowest BCUT2D eigenvalue weighted by atomic mass is 10.1. The van der Waals surface area contributed by atoms with E-state index in [0.29, 0.717) is 24.3 Å². The fourth-order valence-electron chi connectivity index (χ4n) is 2.96. The maximum Gasteiger partial charge on any atom is 0.271 e. The van der Waals surface area contributed by atoms with Crippen molar-refractivity contribution in [1.82, 2.24) is 15.1 Å². The van der Waals surface area contributed by atoms with E-state index in [2.05, 4.69) is 10.4 Å². The maximum atomic E-state index is 14.0. The van der Waals surface area contributed by atoms with Crippen molar-refractivity contribution in [1.29, 1.82) is 0 Å². The van der Waals surface area contributed by atoms with Crippen LogP contribution >= 0.6 is 0 Å². The van der Waals surface area contributed by atoms with Gasteiger partial charge in [-0.05, 0) is 49.2 Å². The van der Waals surface area contributed by atoms with Gasteiger partial charge in [-0.2, -0.15) is 5.10 Å². The monoisotopic (exact) mass is 367 g/mol. The predicted molar refractivity (Wildman–Crippen MR) is 96.9 cm³/mol. The zero-order chi connectivity index (χ0) is 18.8. The summed E-state index contributed by atoms with van der Waals surface area (Å²) < 4.78 is 26.0. The number of carbonyl (C=O) groups excluding carboxylic acids is 1. The Balaban J connectivity index is 1.40. The molecule has 0 saturated heterocycles. The molecule has 0 fully saturated rings. The van der Waals surface area contributed by atoms with Crippen LogP contribution in [-0.2, 0) is 6.42 Å². The van der Waals surface area contributed by atoms with Gasteiger partial charge < -0.3 is 14.8 Å². The molecular formula is C20H18FN3O3. The number of nitrogens with zero attached hydrogens (tertiary/aromatic N) is 2. The Morgan fingerprint density at radius 3 is 2.85 bits per heavy atom. The molecule has 0 unspecified atom stereocenters. The molecule has 27 heavy (non-hydrogen) atoms. The van der Waals surface area contributed by atoms with Crippen molar-refractivity contribution in [2.45, 2.75) is 13.3 Å². The van der Waals surface area contributed by atoms with Crippen molar-refractivity contribution >= 4 is 5.91 Å². The summed E-state index contributed by atoms with van der Waals surface area (Å²) in [7, 11) is 0. The maximum absolute atomic E-state index is 14.0. The molecule has 7 heteroatoms. The summed E-state index contributed by atoms with van der Waals surface area (Å²) in [4.78, 5) is 12.4. The summed E-state index contributed by atoms with van der Waals surface area (Å²) in [6.45, 7) is 2.46. The predicted octanol–water partition coefficient (Wildman–Crippen LogP) is 3.02. The Hall–Kier alpha value is -3.35. The third-order valence-corrected chi connectivity index (χ3v) is 4.34. The highest BCUT2D eigenvalue weighted by atomic mass is 19.1. The Morgan fingerprint density at radius 2 is 2.00 bits per heavy atom. The number of ether oxygens (including phenoxy) is 2. The molecule has 2 aromatic carbocycles. The van der Waals surface area contributed by atoms with E-state index in [1.807, 2.05) is 18.2 Å². The van der Waals surface area contributed by atoms with Gasteiger partial charge in [0.05, 0.1) is 0 Å². The van der Waals surface area contributed by atoms with E-state index in [1.54, 1.807) is 31.2 Å². The van der Waals surface area contributed by atoms with Crippen LogP contribution in [0.3, 0.4) is 0 Å². The minimum absolute atomic E-state index is 0.236. The van der Waals surface area contributed by atoms with Gasteiger partial charge in [-0.1, -0.05) is 18.2 Å². The number of carbonyl (C=O) groups is 1. The molecule has 3 aromatic rings. The minimum atomic E-state index is -0.390. The normalized spacial score (nSPS) is 12.2. The van der Waals surface area contributed by atoms with Gasteiger partial charge in [0.2, 0.25) is 6.79 Å². The largest absolute Gasteiger partial charge is 0.454 e. The Bertz CT molecular complexity index is 1000. The zero-order valence-electron chi connectivity index (χ0n) is 14.7. The number of rotatable bonds is 5. The summed E-state index contributed by atoms with van der Waals surface area (Å²) >= 11 is 0. The first kappa shape index (κ1) is 17.1. The van der Waals surface area contributed by atoms with Crippen LogP contribution in [0.5, 0.6) is 11.5 Å². The molecule has 0 spiro atoms. The molecule has 1 aliphatic heterocycles. The third-order valence-electron chi connectivity index (χ3n) is 4.34. The van der Waals surface area contributed by atoms with Gasteiger partial charge >= 0.3 is 0 Å². The first-order valence-corrected chi connectivity index (χ1v) is 8.60. The second-order valence-corrected chi connectivity index (χ2v) is 6.23. The highest BCUT2D eigenvalue weighted by Crippen LogP contribution is 2.32. The van der Waals surface area contributed by atoms with E-state index >= 15 is 0 Å². The third kappa shape index (κ3) is 3.48. The molecule has 1 amide bonds. The average molecular weight is 367 g/mol. The summed E-state index contributed by atoms with van der Waals surface area (Å²) in [6.07, 6.45) is 0.648. The lowest BCUT2D eigenvalue weighted by Gasteiger charge is -2.06. The average Bonchev–Trinajstić information content (AvgIpc) is 3.28. The fraction of sp³-hybridized carbons (Fsp3) is 0.200. The summed E-state index contributed by atoms with van der Waals surface area (Å²) in [6, 6.07) is 13.7. The van der Waals surface area contributed by atoms with Crippen LogP contribution in [-0.4, -0.2) is 29.0 Å². The van der Waals surface area contributed by atoms with E-state index in [1.165, 1.54) is 10.7 Å². The number of nitrogens with one attached hydrogen (secondary N) is 1. The first-order valence-electron chi connectivity index (χ1n) is 8.60. The second-order valence-electron chi connectivity index (χ2n) is 6.23. The molecule has 6 nitrogen and oxygen atoms in total. The summed E-state index contributed by atoms with van der Waals surface area (Å²) in [5, 5.41) is 7.08. The lowest BCUT2D eigenvalue weighted by Crippen LogP contribution is -2.26. The minimum Gasteiger partial charge on any atom is -0.454 e. The highest BCUT2D eigenvalue weighted by Gasteiger charge is 2.16. The molecule has 138 valence electrons. The van der Waals surface area contributed by atoms with Gasteiger partial charge in [0.15, 0.2) is 17.2 Å². The van der Waals surface area contributed by atoms with Gasteiger partial charge in [0, 0.05) is 12.2 Å². The molecule has 2 heterocycles. The molecule has 0 bridgehead atoms. The smallest absolute Gasteiger partial charge is 0.271 e. The molecule has 1 aromatic heterocycles. The van der Waals surface area contributed by atoms with E-state index in [9.17, 15) is 9.18 Å². The first-order chi connectivity index (χ1) is 13.1. The van der Waals surface area contributed by atoms with Gasteiger partial charge in [-0.25, -0.2) is 9.07 Å². The number of fused-ring (bicyclic) bond motifs is 1. The number of hydrogen-bond acceptors (Lipinski definition) is 4. The molecule has 0 aliphatic carbocycles. The molecule has 0 atom stereocenters. The number of aromatic nitrogens is 2. The van der Waals surface area contributed by atoms with Crippen molar-refractivity contribution in [3.63, 3.8) is 0 Å². The quantitative estimate of drug-likeness (QED) is 0.753. The Kier molecular flexibility index (Phi) is 4.50. The molecule has 0 saturated carbocycles. The van der Waals surface area contributed by atoms with Gasteiger partial charge in [0.1, 0.15) is 11.5 Å². The number of para-hydroxylation sites is 1. The van der Waals surface area contributed by atoms with Gasteiger partial charge in [-0.15, -0.1) is 0 Å². The van der Waals surface area contributed by atoms with Crippen molar-refractivity contribution in [3.05, 3.63) is 71.3 Å². The molecule has 1 N–H and O–H groups in total. The van der Waals surface area contributed by atoms with Gasteiger partial charge in [0.25, 0.3) is 5.91 Å².